The van der Waals surface area contributed by atoms with Crippen LogP contribution < -0.4 is 0 Å². The van der Waals surface area contributed by atoms with Crippen LogP contribution in [0.25, 0.3) is 0 Å². The zero-order valence-corrected chi connectivity index (χ0v) is 10.4. The van der Waals surface area contributed by atoms with Crippen LogP contribution in [0.5, 0.6) is 0 Å². The lowest BCUT2D eigenvalue weighted by Crippen LogP contribution is -2.26. The molecular weight excluding hydrogens is 242 g/mol. The molecule has 0 aliphatic rings. The van der Waals surface area contributed by atoms with Gasteiger partial charge in [-0.15, -0.1) is 0 Å². The molecule has 1 heterocycles. The minimum Gasteiger partial charge on any atom is -0.337 e. The first-order valence-corrected chi connectivity index (χ1v) is 5.88. The van der Waals surface area contributed by atoms with E-state index in [9.17, 15) is 0 Å². The molecule has 0 aliphatic heterocycles. The van der Waals surface area contributed by atoms with Gasteiger partial charge in [0.2, 0.25) is 0 Å². The molecule has 0 saturated heterocycles. The number of alkyl halides is 1. The number of nitrogens with zero attached hydrogens (tertiary/aromatic N) is 3. The van der Waals surface area contributed by atoms with Gasteiger partial charge in [0.05, 0.1) is 6.33 Å². The van der Waals surface area contributed by atoms with E-state index in [1.54, 1.807) is 0 Å². The smallest absolute Gasteiger partial charge is 0.0945 e. The molecule has 0 N–H and O–H groups in total. The summed E-state index contributed by atoms with van der Waals surface area (Å²) < 4.78 is 2.12. The van der Waals surface area contributed by atoms with Crippen molar-refractivity contribution < 1.29 is 0 Å². The first kappa shape index (κ1) is 11.7. The molecule has 0 saturated carbocycles. The summed E-state index contributed by atoms with van der Waals surface area (Å²) in [7, 11) is 2.16. The summed E-state index contributed by atoms with van der Waals surface area (Å²) in [6.45, 7) is 5.46. The maximum absolute atomic E-state index is 4.01. The summed E-state index contributed by atoms with van der Waals surface area (Å²) in [5.41, 5.74) is 0. The molecule has 3 nitrogen and oxygen atoms in total. The molecule has 14 heavy (non-hydrogen) atoms. The fourth-order valence-electron chi connectivity index (χ4n) is 1.46. The normalized spacial score (nSPS) is 13.4. The Morgan fingerprint density at radius 1 is 1.57 bits per heavy atom. The van der Waals surface area contributed by atoms with Crippen LogP contribution in [0.2, 0.25) is 0 Å². The van der Waals surface area contributed by atoms with Crippen molar-refractivity contribution in [1.29, 1.82) is 0 Å². The molecule has 1 unspecified atom stereocenters. The van der Waals surface area contributed by atoms with Crippen molar-refractivity contribution in [3.8, 4) is 0 Å². The number of aromatic nitrogens is 2. The van der Waals surface area contributed by atoms with Crippen LogP contribution in [0.4, 0.5) is 0 Å². The minimum atomic E-state index is 0.570. The van der Waals surface area contributed by atoms with Crippen LogP contribution in [-0.4, -0.2) is 39.4 Å². The first-order valence-electron chi connectivity index (χ1n) is 4.97. The molecule has 0 aliphatic carbocycles. The van der Waals surface area contributed by atoms with Crippen molar-refractivity contribution >= 4 is 15.9 Å². The Labute approximate surface area is 94.3 Å². The summed E-state index contributed by atoms with van der Waals surface area (Å²) >= 11 is 3.55. The fourth-order valence-corrected chi connectivity index (χ4v) is 1.96. The van der Waals surface area contributed by atoms with Gasteiger partial charge in [0, 0.05) is 30.3 Å². The Morgan fingerprint density at radius 2 is 2.36 bits per heavy atom. The van der Waals surface area contributed by atoms with E-state index in [2.05, 4.69) is 44.4 Å². The summed E-state index contributed by atoms with van der Waals surface area (Å²) in [6, 6.07) is 0. The summed E-state index contributed by atoms with van der Waals surface area (Å²) in [6.07, 6.45) is 6.87. The van der Waals surface area contributed by atoms with Crippen molar-refractivity contribution in [3.05, 3.63) is 18.7 Å². The van der Waals surface area contributed by atoms with Gasteiger partial charge in [0.1, 0.15) is 0 Å². The highest BCUT2D eigenvalue weighted by molar-refractivity contribution is 9.09. The zero-order chi connectivity index (χ0) is 10.4. The Hall–Kier alpha value is -0.350. The highest BCUT2D eigenvalue weighted by Gasteiger charge is 2.01. The van der Waals surface area contributed by atoms with Gasteiger partial charge in [-0.25, -0.2) is 4.98 Å². The van der Waals surface area contributed by atoms with Crippen molar-refractivity contribution in [2.75, 3.05) is 20.1 Å². The van der Waals surface area contributed by atoms with Gasteiger partial charge in [-0.2, -0.15) is 0 Å². The van der Waals surface area contributed by atoms with Gasteiger partial charge >= 0.3 is 0 Å². The molecule has 4 heteroatoms. The van der Waals surface area contributed by atoms with Crippen LogP contribution in [-0.2, 0) is 6.54 Å². The molecule has 1 atom stereocenters. The lowest BCUT2D eigenvalue weighted by molar-refractivity contribution is 0.327. The van der Waals surface area contributed by atoms with E-state index in [4.69, 9.17) is 0 Å². The SMILES string of the molecule is CC(Br)CN(C)CCCn1ccnc1. The molecule has 0 fully saturated rings. The molecule has 0 bridgehead atoms. The van der Waals surface area contributed by atoms with Gasteiger partial charge in [-0.1, -0.05) is 22.9 Å². The van der Waals surface area contributed by atoms with Crippen molar-refractivity contribution in [2.45, 2.75) is 24.7 Å². The second kappa shape index (κ2) is 6.19. The Morgan fingerprint density at radius 3 is 2.93 bits per heavy atom. The van der Waals surface area contributed by atoms with E-state index in [-0.39, 0.29) is 0 Å². The molecule has 1 aromatic heterocycles. The lowest BCUT2D eigenvalue weighted by atomic mass is 10.3. The van der Waals surface area contributed by atoms with E-state index in [0.717, 1.165) is 19.6 Å². The number of aryl methyl sites for hydroxylation is 1. The third-order valence-electron chi connectivity index (χ3n) is 2.08. The first-order chi connectivity index (χ1) is 6.68. The topological polar surface area (TPSA) is 21.1 Å². The molecule has 80 valence electrons. The van der Waals surface area contributed by atoms with E-state index < -0.39 is 0 Å². The van der Waals surface area contributed by atoms with Crippen LogP contribution in [0, 0.1) is 0 Å². The Kier molecular flexibility index (Phi) is 5.19. The lowest BCUT2D eigenvalue weighted by Gasteiger charge is -2.17. The van der Waals surface area contributed by atoms with E-state index in [1.165, 1.54) is 6.42 Å². The van der Waals surface area contributed by atoms with Gasteiger partial charge in [0.15, 0.2) is 0 Å². The summed E-state index contributed by atoms with van der Waals surface area (Å²) in [4.78, 5) is 6.92. The van der Waals surface area contributed by atoms with Crippen molar-refractivity contribution in [1.82, 2.24) is 14.5 Å². The number of rotatable bonds is 6. The van der Waals surface area contributed by atoms with E-state index in [0.29, 0.717) is 4.83 Å². The largest absolute Gasteiger partial charge is 0.337 e. The van der Waals surface area contributed by atoms with Crippen LogP contribution >= 0.6 is 15.9 Å². The zero-order valence-electron chi connectivity index (χ0n) is 8.86. The fraction of sp³-hybridized carbons (Fsp3) is 0.700. The number of imidazole rings is 1. The number of halogens is 1. The predicted octanol–water partition coefficient (Wildman–Crippen LogP) is 1.99. The third-order valence-corrected chi connectivity index (χ3v) is 2.37. The van der Waals surface area contributed by atoms with Gasteiger partial charge in [-0.3, -0.25) is 0 Å². The molecule has 1 rings (SSSR count). The average molecular weight is 260 g/mol. The van der Waals surface area contributed by atoms with Gasteiger partial charge < -0.3 is 9.47 Å². The molecule has 0 amide bonds. The van der Waals surface area contributed by atoms with Gasteiger partial charge in [-0.05, 0) is 20.0 Å². The van der Waals surface area contributed by atoms with Crippen molar-refractivity contribution in [2.24, 2.45) is 0 Å². The summed E-state index contributed by atoms with van der Waals surface area (Å²) in [5, 5.41) is 0. The highest BCUT2D eigenvalue weighted by Crippen LogP contribution is 2.00. The van der Waals surface area contributed by atoms with Crippen molar-refractivity contribution in [3.63, 3.8) is 0 Å². The molecule has 0 radical (unpaired) electrons. The monoisotopic (exact) mass is 259 g/mol. The molecular formula is C10H18BrN3. The number of hydrogen-bond acceptors (Lipinski definition) is 2. The Bertz CT molecular complexity index is 234. The standard InChI is InChI=1S/C10H18BrN3/c1-10(11)8-13(2)5-3-6-14-7-4-12-9-14/h4,7,9-10H,3,5-6,8H2,1-2H3. The second-order valence-electron chi connectivity index (χ2n) is 3.70. The minimum absolute atomic E-state index is 0.570. The van der Waals surface area contributed by atoms with E-state index in [1.807, 2.05) is 18.7 Å². The molecule has 1 aromatic rings. The Balaban J connectivity index is 2.09. The molecule has 0 aromatic carbocycles. The summed E-state index contributed by atoms with van der Waals surface area (Å²) in [5.74, 6) is 0. The maximum Gasteiger partial charge on any atom is 0.0945 e. The maximum atomic E-state index is 4.01. The third kappa shape index (κ3) is 4.77. The van der Waals surface area contributed by atoms with E-state index >= 15 is 0 Å². The predicted molar refractivity (Wildman–Crippen MR) is 62.7 cm³/mol. The quantitative estimate of drug-likeness (QED) is 0.729. The number of hydrogen-bond donors (Lipinski definition) is 0. The average Bonchev–Trinajstić information content (AvgIpc) is 2.55. The van der Waals surface area contributed by atoms with Crippen LogP contribution in [0.3, 0.4) is 0 Å². The second-order valence-corrected chi connectivity index (χ2v) is 5.26. The highest BCUT2D eigenvalue weighted by atomic mass is 79.9. The van der Waals surface area contributed by atoms with Crippen LogP contribution in [0.15, 0.2) is 18.7 Å². The van der Waals surface area contributed by atoms with Crippen LogP contribution in [0.1, 0.15) is 13.3 Å². The molecule has 0 spiro atoms. The van der Waals surface area contributed by atoms with Gasteiger partial charge in [0.25, 0.3) is 0 Å².